The minimum atomic E-state index is -1.70. The van der Waals surface area contributed by atoms with E-state index >= 15 is 0 Å². The van der Waals surface area contributed by atoms with Crippen LogP contribution in [0.2, 0.25) is 0 Å². The first-order valence-electron chi connectivity index (χ1n) is 6.56. The van der Waals surface area contributed by atoms with Gasteiger partial charge in [0.25, 0.3) is 5.91 Å². The van der Waals surface area contributed by atoms with Crippen molar-refractivity contribution in [3.8, 4) is 0 Å². The van der Waals surface area contributed by atoms with Crippen molar-refractivity contribution in [3.05, 3.63) is 59.5 Å². The van der Waals surface area contributed by atoms with E-state index in [4.69, 9.17) is 39.2 Å². The third-order valence-electron chi connectivity index (χ3n) is 2.94. The number of furan rings is 1. The molecule has 0 aliphatic heterocycles. The Balaban J connectivity index is 2.04. The predicted molar refractivity (Wildman–Crippen MR) is 88.3 cm³/mol. The molecule has 0 aliphatic carbocycles. The second-order valence-electron chi connectivity index (χ2n) is 4.78. The first-order chi connectivity index (χ1) is 10.4. The van der Waals surface area contributed by atoms with E-state index in [2.05, 4.69) is 10.6 Å². The van der Waals surface area contributed by atoms with Crippen molar-refractivity contribution in [2.45, 2.75) is 23.4 Å². The van der Waals surface area contributed by atoms with Gasteiger partial charge in [0.05, 0.1) is 12.8 Å². The van der Waals surface area contributed by atoms with E-state index in [0.717, 1.165) is 5.56 Å². The highest BCUT2D eigenvalue weighted by Crippen LogP contribution is 2.29. The molecule has 2 aromatic rings. The number of benzene rings is 1. The number of alkyl halides is 3. The van der Waals surface area contributed by atoms with Gasteiger partial charge >= 0.3 is 0 Å². The Kier molecular flexibility index (Phi) is 5.75. The van der Waals surface area contributed by atoms with Crippen molar-refractivity contribution in [1.82, 2.24) is 10.6 Å². The van der Waals surface area contributed by atoms with Crippen LogP contribution in [0.5, 0.6) is 0 Å². The van der Waals surface area contributed by atoms with Gasteiger partial charge in [-0.2, -0.15) is 0 Å². The van der Waals surface area contributed by atoms with E-state index in [9.17, 15) is 4.79 Å². The number of nitrogens with one attached hydrogen (secondary N) is 2. The number of hydrogen-bond acceptors (Lipinski definition) is 3. The predicted octanol–water partition coefficient (Wildman–Crippen LogP) is 3.80. The van der Waals surface area contributed by atoms with Crippen LogP contribution < -0.4 is 10.6 Å². The number of halogens is 3. The molecule has 7 heteroatoms. The third-order valence-corrected chi connectivity index (χ3v) is 3.60. The molecule has 0 bridgehead atoms. The van der Waals surface area contributed by atoms with Crippen molar-refractivity contribution < 1.29 is 9.21 Å². The van der Waals surface area contributed by atoms with Crippen LogP contribution in [0.15, 0.2) is 47.1 Å². The zero-order valence-electron chi connectivity index (χ0n) is 11.8. The molecule has 0 unspecified atom stereocenters. The molecule has 0 radical (unpaired) electrons. The van der Waals surface area contributed by atoms with E-state index in [1.807, 2.05) is 13.0 Å². The Morgan fingerprint density at radius 2 is 2.05 bits per heavy atom. The Bertz CT molecular complexity index is 624. The summed E-state index contributed by atoms with van der Waals surface area (Å²) in [6.45, 7) is 2.22. The Morgan fingerprint density at radius 3 is 2.64 bits per heavy atom. The fraction of sp³-hybridized carbons (Fsp3) is 0.267. The standard InChI is InChI=1S/C15H15Cl3N2O2/c1-10-4-2-5-11(8-10)13(21)20-14(15(16,17)18)19-9-12-6-3-7-22-12/h2-8,14,19H,9H2,1H3,(H,20,21)/t14-/m1/s1. The van der Waals surface area contributed by atoms with Crippen molar-refractivity contribution in [3.63, 3.8) is 0 Å². The minimum absolute atomic E-state index is 0.319. The fourth-order valence-electron chi connectivity index (χ4n) is 1.87. The topological polar surface area (TPSA) is 54.3 Å². The lowest BCUT2D eigenvalue weighted by molar-refractivity contribution is 0.0928. The molecule has 0 saturated carbocycles. The smallest absolute Gasteiger partial charge is 0.252 e. The summed E-state index contributed by atoms with van der Waals surface area (Å²) in [6, 6.07) is 10.7. The summed E-state index contributed by atoms with van der Waals surface area (Å²) in [4.78, 5) is 12.3. The molecule has 1 atom stereocenters. The highest BCUT2D eigenvalue weighted by molar-refractivity contribution is 6.68. The van der Waals surface area contributed by atoms with E-state index in [-0.39, 0.29) is 5.91 Å². The maximum Gasteiger partial charge on any atom is 0.252 e. The van der Waals surface area contributed by atoms with Gasteiger partial charge in [-0.1, -0.05) is 52.5 Å². The molecule has 1 heterocycles. The highest BCUT2D eigenvalue weighted by Gasteiger charge is 2.34. The van der Waals surface area contributed by atoms with Gasteiger partial charge in [-0.15, -0.1) is 0 Å². The van der Waals surface area contributed by atoms with Crippen molar-refractivity contribution in [2.75, 3.05) is 0 Å². The Hall–Kier alpha value is -1.20. The molecule has 2 rings (SSSR count). The van der Waals surface area contributed by atoms with Crippen LogP contribution in [0.3, 0.4) is 0 Å². The molecule has 2 N–H and O–H groups in total. The first-order valence-corrected chi connectivity index (χ1v) is 7.69. The number of hydrogen-bond donors (Lipinski definition) is 2. The van der Waals surface area contributed by atoms with Crippen LogP contribution in [0.1, 0.15) is 21.7 Å². The van der Waals surface area contributed by atoms with Gasteiger partial charge in [0.15, 0.2) is 0 Å². The van der Waals surface area contributed by atoms with Crippen LogP contribution >= 0.6 is 34.8 Å². The molecule has 1 amide bonds. The van der Waals surface area contributed by atoms with Crippen molar-refractivity contribution >= 4 is 40.7 Å². The summed E-state index contributed by atoms with van der Waals surface area (Å²) in [7, 11) is 0. The van der Waals surface area contributed by atoms with Crippen LogP contribution in [-0.2, 0) is 6.54 Å². The summed E-state index contributed by atoms with van der Waals surface area (Å²) in [5.74, 6) is 0.344. The van der Waals surface area contributed by atoms with Gasteiger partial charge in [-0.3, -0.25) is 10.1 Å². The molecule has 1 aromatic carbocycles. The maximum atomic E-state index is 12.3. The van der Waals surface area contributed by atoms with E-state index in [1.165, 1.54) is 0 Å². The number of carbonyl (C=O) groups is 1. The van der Waals surface area contributed by atoms with Crippen LogP contribution in [-0.4, -0.2) is 15.9 Å². The average molecular weight is 362 g/mol. The molecule has 0 fully saturated rings. The lowest BCUT2D eigenvalue weighted by atomic mass is 10.1. The summed E-state index contributed by atoms with van der Waals surface area (Å²) >= 11 is 17.8. The number of carbonyl (C=O) groups excluding carboxylic acids is 1. The lowest BCUT2D eigenvalue weighted by Crippen LogP contribution is -2.53. The summed E-state index contributed by atoms with van der Waals surface area (Å²) in [5.41, 5.74) is 1.47. The van der Waals surface area contributed by atoms with E-state index < -0.39 is 9.96 Å². The second kappa shape index (κ2) is 7.38. The van der Waals surface area contributed by atoms with Gasteiger partial charge in [-0.25, -0.2) is 0 Å². The molecule has 1 aromatic heterocycles. The zero-order chi connectivity index (χ0) is 16.2. The SMILES string of the molecule is Cc1cccc(C(=O)N[C@@H](NCc2ccco2)C(Cl)(Cl)Cl)c1. The maximum absolute atomic E-state index is 12.3. The molecule has 0 saturated heterocycles. The second-order valence-corrected chi connectivity index (χ2v) is 7.15. The molecule has 22 heavy (non-hydrogen) atoms. The molecule has 4 nitrogen and oxygen atoms in total. The van der Waals surface area contributed by atoms with Crippen LogP contribution in [0.25, 0.3) is 0 Å². The Labute approximate surface area is 143 Å². The number of amides is 1. The molecular formula is C15H15Cl3N2O2. The zero-order valence-corrected chi connectivity index (χ0v) is 14.0. The third kappa shape index (κ3) is 4.92. The quantitative estimate of drug-likeness (QED) is 0.629. The van der Waals surface area contributed by atoms with E-state index in [0.29, 0.717) is 17.9 Å². The van der Waals surface area contributed by atoms with Crippen LogP contribution in [0, 0.1) is 6.92 Å². The van der Waals surface area contributed by atoms with E-state index in [1.54, 1.807) is 36.6 Å². The van der Waals surface area contributed by atoms with Gasteiger partial charge in [0.1, 0.15) is 11.9 Å². The van der Waals surface area contributed by atoms with Gasteiger partial charge in [-0.05, 0) is 31.2 Å². The van der Waals surface area contributed by atoms with Gasteiger partial charge < -0.3 is 9.73 Å². The molecule has 0 spiro atoms. The van der Waals surface area contributed by atoms with Crippen LogP contribution in [0.4, 0.5) is 0 Å². The Morgan fingerprint density at radius 1 is 1.27 bits per heavy atom. The minimum Gasteiger partial charge on any atom is -0.468 e. The monoisotopic (exact) mass is 360 g/mol. The largest absolute Gasteiger partial charge is 0.468 e. The normalized spacial score (nSPS) is 12.9. The van der Waals surface area contributed by atoms with Gasteiger partial charge in [0, 0.05) is 5.56 Å². The highest BCUT2D eigenvalue weighted by atomic mass is 35.6. The molecule has 118 valence electrons. The number of aryl methyl sites for hydroxylation is 1. The first kappa shape index (κ1) is 17.2. The molecular weight excluding hydrogens is 347 g/mol. The fourth-order valence-corrected chi connectivity index (χ4v) is 2.26. The summed E-state index contributed by atoms with van der Waals surface area (Å²) in [6.07, 6.45) is 0.683. The lowest BCUT2D eigenvalue weighted by Gasteiger charge is -2.26. The summed E-state index contributed by atoms with van der Waals surface area (Å²) in [5, 5.41) is 5.63. The van der Waals surface area contributed by atoms with Crippen molar-refractivity contribution in [2.24, 2.45) is 0 Å². The van der Waals surface area contributed by atoms with Crippen molar-refractivity contribution in [1.29, 1.82) is 0 Å². The molecule has 0 aliphatic rings. The average Bonchev–Trinajstić information content (AvgIpc) is 2.95. The summed E-state index contributed by atoms with van der Waals surface area (Å²) < 4.78 is 3.50. The number of rotatable bonds is 5. The van der Waals surface area contributed by atoms with Gasteiger partial charge in [0.2, 0.25) is 3.79 Å².